The van der Waals surface area contributed by atoms with Gasteiger partial charge in [0.25, 0.3) is 5.91 Å². The minimum atomic E-state index is -3.54. The SMILES string of the molecule is CCS(=O)(=O)Nc1ccc(C(=O)Nc2cc(F)c3c(c2)C2(CCC(F)(F)CC2)C(=O)N3C)c(C2=CCC3(CC2)CC3)c1. The molecule has 0 saturated heterocycles. The van der Waals surface area contributed by atoms with Crippen LogP contribution >= 0.6 is 0 Å². The number of alkyl halides is 2. The number of carbonyl (C=O) groups excluding carboxylic acids is 2. The lowest BCUT2D eigenvalue weighted by Gasteiger charge is -2.36. The summed E-state index contributed by atoms with van der Waals surface area (Å²) in [5.74, 6) is -4.64. The van der Waals surface area contributed by atoms with E-state index in [4.69, 9.17) is 0 Å². The van der Waals surface area contributed by atoms with E-state index in [0.29, 0.717) is 27.8 Å². The number of sulfonamides is 1. The molecule has 224 valence electrons. The summed E-state index contributed by atoms with van der Waals surface area (Å²) >= 11 is 0. The molecule has 1 heterocycles. The van der Waals surface area contributed by atoms with Crippen LogP contribution in [0.15, 0.2) is 36.4 Å². The Morgan fingerprint density at radius 3 is 2.33 bits per heavy atom. The maximum Gasteiger partial charge on any atom is 0.256 e. The fourth-order valence-electron chi connectivity index (χ4n) is 6.78. The van der Waals surface area contributed by atoms with Crippen molar-refractivity contribution >= 4 is 44.5 Å². The van der Waals surface area contributed by atoms with Crippen LogP contribution in [0.5, 0.6) is 0 Å². The molecule has 0 unspecified atom stereocenters. The van der Waals surface area contributed by atoms with E-state index in [0.717, 1.165) is 30.9 Å². The molecule has 2 spiro atoms. The second-order valence-electron chi connectivity index (χ2n) is 12.3. The van der Waals surface area contributed by atoms with Gasteiger partial charge in [-0.05, 0) is 104 Å². The van der Waals surface area contributed by atoms with Crippen molar-refractivity contribution in [3.63, 3.8) is 0 Å². The van der Waals surface area contributed by atoms with Crippen molar-refractivity contribution in [2.24, 2.45) is 5.41 Å². The van der Waals surface area contributed by atoms with Crippen molar-refractivity contribution in [3.8, 4) is 0 Å². The smallest absolute Gasteiger partial charge is 0.256 e. The van der Waals surface area contributed by atoms with Crippen LogP contribution in [0.3, 0.4) is 0 Å². The lowest BCUT2D eigenvalue weighted by molar-refractivity contribution is -0.127. The molecule has 0 radical (unpaired) electrons. The molecule has 3 aliphatic carbocycles. The Labute approximate surface area is 243 Å². The van der Waals surface area contributed by atoms with Crippen molar-refractivity contribution in [1.82, 2.24) is 0 Å². The number of rotatable bonds is 6. The highest BCUT2D eigenvalue weighted by atomic mass is 32.2. The minimum absolute atomic E-state index is 0.0535. The average Bonchev–Trinajstić information content (AvgIpc) is 3.66. The van der Waals surface area contributed by atoms with E-state index < -0.39 is 51.8 Å². The Morgan fingerprint density at radius 2 is 1.71 bits per heavy atom. The standard InChI is InChI=1S/C31H34F3N3O4S/c1-3-42(40,41)36-20-4-5-22(23(16-20)19-6-8-29(9-7-19)10-11-29)27(38)35-21-17-24-26(25(32)18-21)37(2)28(39)30(24)12-14-31(33,34)15-13-30/h4-6,16-18,36H,3,7-15H2,1-2H3,(H,35,38). The molecule has 0 atom stereocenters. The molecule has 7 nitrogen and oxygen atoms in total. The number of benzene rings is 2. The number of nitrogens with one attached hydrogen (secondary N) is 2. The third-order valence-corrected chi connectivity index (χ3v) is 11.0. The zero-order valence-electron chi connectivity index (χ0n) is 23.7. The third kappa shape index (κ3) is 4.99. The van der Waals surface area contributed by atoms with Crippen molar-refractivity contribution in [2.75, 3.05) is 27.7 Å². The van der Waals surface area contributed by atoms with Gasteiger partial charge in [-0.1, -0.05) is 6.08 Å². The summed E-state index contributed by atoms with van der Waals surface area (Å²) in [4.78, 5) is 28.1. The van der Waals surface area contributed by atoms with Gasteiger partial charge in [0.2, 0.25) is 21.9 Å². The number of anilines is 3. The number of carbonyl (C=O) groups is 2. The van der Waals surface area contributed by atoms with Gasteiger partial charge in [-0.25, -0.2) is 21.6 Å². The summed E-state index contributed by atoms with van der Waals surface area (Å²) in [5, 5.41) is 2.76. The number of nitrogens with zero attached hydrogens (tertiary/aromatic N) is 1. The molecule has 1 aliphatic heterocycles. The van der Waals surface area contributed by atoms with Crippen LogP contribution in [-0.4, -0.2) is 39.0 Å². The van der Waals surface area contributed by atoms with Crippen LogP contribution in [0, 0.1) is 11.2 Å². The van der Waals surface area contributed by atoms with Gasteiger partial charge in [-0.3, -0.25) is 14.3 Å². The Hall–Kier alpha value is -3.34. The zero-order valence-corrected chi connectivity index (χ0v) is 24.5. The van der Waals surface area contributed by atoms with E-state index in [1.54, 1.807) is 12.1 Å². The topological polar surface area (TPSA) is 95.6 Å². The highest BCUT2D eigenvalue weighted by Gasteiger charge is 2.55. The Bertz CT molecular complexity index is 1620. The maximum absolute atomic E-state index is 15.4. The highest BCUT2D eigenvalue weighted by molar-refractivity contribution is 7.92. The first-order valence-electron chi connectivity index (χ1n) is 14.4. The number of fused-ring (bicyclic) bond motifs is 2. The van der Waals surface area contributed by atoms with E-state index in [9.17, 15) is 26.8 Å². The summed E-state index contributed by atoms with van der Waals surface area (Å²) in [7, 11) is -2.10. The van der Waals surface area contributed by atoms with Crippen molar-refractivity contribution in [2.45, 2.75) is 76.0 Å². The number of likely N-dealkylation sites (N-methyl/N-ethyl adjacent to an activating group) is 1. The van der Waals surface area contributed by atoms with E-state index in [1.165, 1.54) is 43.8 Å². The average molecular weight is 602 g/mol. The fraction of sp³-hybridized carbons (Fsp3) is 0.484. The first-order valence-corrected chi connectivity index (χ1v) is 16.1. The number of amides is 2. The summed E-state index contributed by atoms with van der Waals surface area (Å²) in [6.45, 7) is 1.54. The predicted molar refractivity (Wildman–Crippen MR) is 156 cm³/mol. The fourth-order valence-corrected chi connectivity index (χ4v) is 7.41. The Morgan fingerprint density at radius 1 is 1.00 bits per heavy atom. The molecule has 2 saturated carbocycles. The van der Waals surface area contributed by atoms with Gasteiger partial charge in [-0.2, -0.15) is 0 Å². The van der Waals surface area contributed by atoms with Crippen LogP contribution < -0.4 is 14.9 Å². The molecule has 0 bridgehead atoms. The van der Waals surface area contributed by atoms with Gasteiger partial charge in [0.15, 0.2) is 0 Å². The van der Waals surface area contributed by atoms with Gasteiger partial charge < -0.3 is 10.2 Å². The molecule has 11 heteroatoms. The van der Waals surface area contributed by atoms with Gasteiger partial charge >= 0.3 is 0 Å². The second kappa shape index (κ2) is 9.86. The number of allylic oxidation sites excluding steroid dienone is 2. The minimum Gasteiger partial charge on any atom is -0.322 e. The molecule has 42 heavy (non-hydrogen) atoms. The number of hydrogen-bond donors (Lipinski definition) is 2. The van der Waals surface area contributed by atoms with Crippen LogP contribution in [-0.2, 0) is 20.2 Å². The highest BCUT2D eigenvalue weighted by Crippen LogP contribution is 2.57. The van der Waals surface area contributed by atoms with Crippen molar-refractivity contribution in [1.29, 1.82) is 0 Å². The number of hydrogen-bond acceptors (Lipinski definition) is 4. The van der Waals surface area contributed by atoms with E-state index in [-0.39, 0.29) is 30.0 Å². The van der Waals surface area contributed by atoms with Gasteiger partial charge in [0, 0.05) is 36.8 Å². The first-order chi connectivity index (χ1) is 19.8. The largest absolute Gasteiger partial charge is 0.322 e. The van der Waals surface area contributed by atoms with Crippen LogP contribution in [0.2, 0.25) is 0 Å². The molecule has 2 aromatic rings. The molecule has 2 fully saturated rings. The molecule has 2 N–H and O–H groups in total. The van der Waals surface area contributed by atoms with Gasteiger partial charge in [0.05, 0.1) is 16.9 Å². The van der Waals surface area contributed by atoms with Crippen molar-refractivity contribution in [3.05, 3.63) is 58.9 Å². The van der Waals surface area contributed by atoms with Crippen LogP contribution in [0.4, 0.5) is 30.2 Å². The monoisotopic (exact) mass is 601 g/mol. The molecular formula is C31H34F3N3O4S. The second-order valence-corrected chi connectivity index (χ2v) is 14.3. The van der Waals surface area contributed by atoms with E-state index in [1.807, 2.05) is 0 Å². The first kappa shape index (κ1) is 28.8. The number of halogens is 3. The maximum atomic E-state index is 15.4. The molecule has 2 aromatic carbocycles. The van der Waals surface area contributed by atoms with Crippen LogP contribution in [0.1, 0.15) is 86.2 Å². The Balaban J connectivity index is 1.34. The molecule has 0 aromatic heterocycles. The lowest BCUT2D eigenvalue weighted by Crippen LogP contribution is -2.44. The molecule has 2 amide bonds. The molecule has 4 aliphatic rings. The van der Waals surface area contributed by atoms with Gasteiger partial charge in [0.1, 0.15) is 5.82 Å². The van der Waals surface area contributed by atoms with E-state index in [2.05, 4.69) is 16.1 Å². The van der Waals surface area contributed by atoms with Crippen molar-refractivity contribution < 1.29 is 31.2 Å². The summed E-state index contributed by atoms with van der Waals surface area (Å²) < 4.78 is 70.5. The lowest BCUT2D eigenvalue weighted by atomic mass is 9.69. The normalized spacial score (nSPS) is 21.7. The predicted octanol–water partition coefficient (Wildman–Crippen LogP) is 6.61. The van der Waals surface area contributed by atoms with Crippen LogP contribution in [0.25, 0.3) is 5.57 Å². The summed E-state index contributed by atoms with van der Waals surface area (Å²) in [5.41, 5.74) is 1.76. The molecule has 6 rings (SSSR count). The summed E-state index contributed by atoms with van der Waals surface area (Å²) in [6, 6.07) is 7.39. The Kier molecular flexibility index (Phi) is 6.75. The molecular weight excluding hydrogens is 567 g/mol. The summed E-state index contributed by atoms with van der Waals surface area (Å²) in [6.07, 6.45) is 5.96. The van der Waals surface area contributed by atoms with E-state index >= 15 is 4.39 Å². The van der Waals surface area contributed by atoms with Gasteiger partial charge in [-0.15, -0.1) is 0 Å². The third-order valence-electron chi connectivity index (χ3n) is 9.65. The zero-order chi connectivity index (χ0) is 30.1. The quantitative estimate of drug-likeness (QED) is 0.390.